The van der Waals surface area contributed by atoms with Gasteiger partial charge in [0.15, 0.2) is 17.5 Å². The van der Waals surface area contributed by atoms with Gasteiger partial charge in [0.1, 0.15) is 0 Å². The van der Waals surface area contributed by atoms with E-state index in [9.17, 15) is 13.6 Å². The van der Waals surface area contributed by atoms with Crippen LogP contribution in [0.2, 0.25) is 0 Å². The third-order valence-electron chi connectivity index (χ3n) is 4.27. The average molecular weight is 354 g/mol. The van der Waals surface area contributed by atoms with Crippen LogP contribution >= 0.6 is 0 Å². The summed E-state index contributed by atoms with van der Waals surface area (Å²) >= 11 is 0. The first kappa shape index (κ1) is 16.4. The molecule has 0 unspecified atom stereocenters. The van der Waals surface area contributed by atoms with E-state index in [-0.39, 0.29) is 5.56 Å². The van der Waals surface area contributed by atoms with Crippen LogP contribution < -0.4 is 5.32 Å². The Hall–Kier alpha value is -3.09. The molecule has 0 saturated heterocycles. The van der Waals surface area contributed by atoms with Gasteiger partial charge in [-0.1, -0.05) is 6.07 Å². The molecule has 0 bridgehead atoms. The lowest BCUT2D eigenvalue weighted by molar-refractivity contribution is 0.102. The van der Waals surface area contributed by atoms with Gasteiger partial charge in [0.05, 0.1) is 23.1 Å². The van der Waals surface area contributed by atoms with Crippen molar-refractivity contribution < 1.29 is 13.6 Å². The molecule has 1 aromatic carbocycles. The van der Waals surface area contributed by atoms with Crippen molar-refractivity contribution >= 4 is 11.6 Å². The van der Waals surface area contributed by atoms with Crippen LogP contribution in [0.15, 0.2) is 42.6 Å². The molecule has 1 aliphatic carbocycles. The third kappa shape index (κ3) is 3.08. The molecule has 26 heavy (non-hydrogen) atoms. The highest BCUT2D eigenvalue weighted by molar-refractivity contribution is 6.04. The van der Waals surface area contributed by atoms with Crippen molar-refractivity contribution in [2.75, 3.05) is 5.32 Å². The van der Waals surface area contributed by atoms with Gasteiger partial charge >= 0.3 is 0 Å². The minimum absolute atomic E-state index is 0.354. The topological polar surface area (TPSA) is 59.8 Å². The number of carbonyl (C=O) groups is 1. The Morgan fingerprint density at radius 1 is 1.23 bits per heavy atom. The summed E-state index contributed by atoms with van der Waals surface area (Å²) in [6.07, 6.45) is 3.77. The van der Waals surface area contributed by atoms with E-state index >= 15 is 0 Å². The van der Waals surface area contributed by atoms with Crippen molar-refractivity contribution in [2.45, 2.75) is 25.7 Å². The molecule has 5 nitrogen and oxygen atoms in total. The molecule has 0 atom stereocenters. The van der Waals surface area contributed by atoms with Crippen molar-refractivity contribution in [2.24, 2.45) is 0 Å². The molecule has 0 aliphatic heterocycles. The molecule has 1 amide bonds. The Morgan fingerprint density at radius 3 is 2.73 bits per heavy atom. The average Bonchev–Trinajstić information content (AvgIpc) is 3.40. The van der Waals surface area contributed by atoms with Crippen molar-refractivity contribution in [3.8, 4) is 5.82 Å². The van der Waals surface area contributed by atoms with Crippen LogP contribution in [-0.4, -0.2) is 20.7 Å². The number of nitrogens with one attached hydrogen (secondary N) is 1. The van der Waals surface area contributed by atoms with Crippen LogP contribution in [0.5, 0.6) is 0 Å². The quantitative estimate of drug-likeness (QED) is 0.771. The maximum Gasteiger partial charge on any atom is 0.258 e. The first-order chi connectivity index (χ1) is 12.5. The number of nitrogens with zero attached hydrogens (tertiary/aromatic N) is 3. The standard InChI is InChI=1S/C19H16F2N4O/c1-11-9-16(12-5-6-12)25(24-11)17-8-7-13(10-22-17)23-19(26)14-3-2-4-15(20)18(14)21/h2-4,7-10,12H,5-6H2,1H3,(H,23,26). The van der Waals surface area contributed by atoms with Gasteiger partial charge in [-0.3, -0.25) is 4.79 Å². The van der Waals surface area contributed by atoms with E-state index in [4.69, 9.17) is 0 Å². The van der Waals surface area contributed by atoms with Crippen LogP contribution in [0.3, 0.4) is 0 Å². The summed E-state index contributed by atoms with van der Waals surface area (Å²) in [5, 5.41) is 7.00. The molecule has 0 radical (unpaired) electrons. The number of anilines is 1. The molecular formula is C19H16F2N4O. The highest BCUT2D eigenvalue weighted by Crippen LogP contribution is 2.40. The number of pyridine rings is 1. The zero-order valence-electron chi connectivity index (χ0n) is 14.0. The summed E-state index contributed by atoms with van der Waals surface area (Å²) in [7, 11) is 0. The van der Waals surface area contributed by atoms with Gasteiger partial charge in [0.2, 0.25) is 0 Å². The number of aromatic nitrogens is 3. The normalized spacial score (nSPS) is 13.7. The summed E-state index contributed by atoms with van der Waals surface area (Å²) in [6, 6.07) is 8.92. The number of benzene rings is 1. The fraction of sp³-hybridized carbons (Fsp3) is 0.211. The number of amides is 1. The van der Waals surface area contributed by atoms with E-state index in [0.717, 1.165) is 30.3 Å². The molecule has 3 aromatic rings. The number of hydrogen-bond donors (Lipinski definition) is 1. The second-order valence-electron chi connectivity index (χ2n) is 6.36. The minimum Gasteiger partial charge on any atom is -0.320 e. The maximum absolute atomic E-state index is 13.7. The van der Waals surface area contributed by atoms with Crippen LogP contribution in [0, 0.1) is 18.6 Å². The Morgan fingerprint density at radius 2 is 2.04 bits per heavy atom. The van der Waals surface area contributed by atoms with E-state index in [0.29, 0.717) is 17.4 Å². The minimum atomic E-state index is -1.17. The molecule has 1 saturated carbocycles. The van der Waals surface area contributed by atoms with E-state index < -0.39 is 17.5 Å². The molecular weight excluding hydrogens is 338 g/mol. The van der Waals surface area contributed by atoms with Crippen LogP contribution in [0.1, 0.15) is 40.5 Å². The van der Waals surface area contributed by atoms with Gasteiger partial charge < -0.3 is 5.32 Å². The van der Waals surface area contributed by atoms with Gasteiger partial charge in [-0.2, -0.15) is 5.10 Å². The van der Waals surface area contributed by atoms with E-state index in [2.05, 4.69) is 21.5 Å². The lowest BCUT2D eigenvalue weighted by Crippen LogP contribution is -2.15. The maximum atomic E-state index is 13.7. The molecule has 2 aromatic heterocycles. The Bertz CT molecular complexity index is 978. The highest BCUT2D eigenvalue weighted by Gasteiger charge is 2.28. The van der Waals surface area contributed by atoms with Gasteiger partial charge in [0.25, 0.3) is 5.91 Å². The first-order valence-corrected chi connectivity index (χ1v) is 8.31. The third-order valence-corrected chi connectivity index (χ3v) is 4.27. The van der Waals surface area contributed by atoms with E-state index in [1.807, 2.05) is 11.6 Å². The smallest absolute Gasteiger partial charge is 0.258 e. The second-order valence-corrected chi connectivity index (χ2v) is 6.36. The second kappa shape index (κ2) is 6.33. The van der Waals surface area contributed by atoms with Crippen molar-refractivity contribution in [1.29, 1.82) is 0 Å². The van der Waals surface area contributed by atoms with Crippen LogP contribution in [0.25, 0.3) is 5.82 Å². The number of hydrogen-bond acceptors (Lipinski definition) is 3. The fourth-order valence-electron chi connectivity index (χ4n) is 2.84. The molecule has 1 fully saturated rings. The number of carbonyl (C=O) groups excluding carboxylic acids is 1. The van der Waals surface area contributed by atoms with Crippen LogP contribution in [0.4, 0.5) is 14.5 Å². The number of halogens is 2. The van der Waals surface area contributed by atoms with Crippen LogP contribution in [-0.2, 0) is 0 Å². The zero-order chi connectivity index (χ0) is 18.3. The molecule has 2 heterocycles. The van der Waals surface area contributed by atoms with Gasteiger partial charge in [0, 0.05) is 11.6 Å². The van der Waals surface area contributed by atoms with E-state index in [1.165, 1.54) is 18.3 Å². The monoisotopic (exact) mass is 354 g/mol. The molecule has 7 heteroatoms. The molecule has 4 rings (SSSR count). The van der Waals surface area contributed by atoms with Crippen molar-refractivity contribution in [1.82, 2.24) is 14.8 Å². The van der Waals surface area contributed by atoms with Gasteiger partial charge in [-0.05, 0) is 50.1 Å². The van der Waals surface area contributed by atoms with Crippen molar-refractivity contribution in [3.63, 3.8) is 0 Å². The summed E-state index contributed by atoms with van der Waals surface area (Å²) in [6.45, 7) is 1.94. The fourth-order valence-corrected chi connectivity index (χ4v) is 2.84. The molecule has 132 valence electrons. The van der Waals surface area contributed by atoms with Crippen molar-refractivity contribution in [3.05, 3.63) is 71.2 Å². The largest absolute Gasteiger partial charge is 0.320 e. The summed E-state index contributed by atoms with van der Waals surface area (Å²) in [4.78, 5) is 16.5. The van der Waals surface area contributed by atoms with E-state index in [1.54, 1.807) is 12.1 Å². The first-order valence-electron chi connectivity index (χ1n) is 8.31. The SMILES string of the molecule is Cc1cc(C2CC2)n(-c2ccc(NC(=O)c3cccc(F)c3F)cn2)n1. The summed E-state index contributed by atoms with van der Waals surface area (Å²) in [5.74, 6) is -1.79. The van der Waals surface area contributed by atoms with Gasteiger partial charge in [-0.15, -0.1) is 0 Å². The zero-order valence-corrected chi connectivity index (χ0v) is 14.0. The highest BCUT2D eigenvalue weighted by atomic mass is 19.2. The molecule has 0 spiro atoms. The summed E-state index contributed by atoms with van der Waals surface area (Å²) in [5.41, 5.74) is 2.09. The van der Waals surface area contributed by atoms with Gasteiger partial charge in [-0.25, -0.2) is 18.4 Å². The predicted octanol–water partition coefficient (Wildman–Crippen LogP) is 3.98. The summed E-state index contributed by atoms with van der Waals surface area (Å²) < 4.78 is 28.8. The Labute approximate surface area is 148 Å². The lowest BCUT2D eigenvalue weighted by atomic mass is 10.2. The number of rotatable bonds is 4. The molecule has 1 aliphatic rings. The Balaban J connectivity index is 1.55. The predicted molar refractivity (Wildman–Crippen MR) is 92.4 cm³/mol. The number of aryl methyl sites for hydroxylation is 1. The Kier molecular flexibility index (Phi) is 3.99. The lowest BCUT2D eigenvalue weighted by Gasteiger charge is -2.09. The molecule has 1 N–H and O–H groups in total.